The summed E-state index contributed by atoms with van der Waals surface area (Å²) in [7, 11) is 0. The molecule has 4 aromatic rings. The van der Waals surface area contributed by atoms with Gasteiger partial charge < -0.3 is 10.2 Å². The number of hydrogen-bond acceptors (Lipinski definition) is 7. The predicted molar refractivity (Wildman–Crippen MR) is 111 cm³/mol. The zero-order valence-corrected chi connectivity index (χ0v) is 16.9. The molecule has 5 rings (SSSR count). The Morgan fingerprint density at radius 1 is 1.19 bits per heavy atom. The van der Waals surface area contributed by atoms with E-state index in [-0.39, 0.29) is 11.5 Å². The molecule has 8 nitrogen and oxygen atoms in total. The first-order valence-electron chi connectivity index (χ1n) is 9.93. The number of pyridine rings is 1. The summed E-state index contributed by atoms with van der Waals surface area (Å²) in [5.74, 6) is -0.576. The summed E-state index contributed by atoms with van der Waals surface area (Å²) < 4.78 is 42.6. The van der Waals surface area contributed by atoms with E-state index in [0.717, 1.165) is 11.8 Å². The van der Waals surface area contributed by atoms with Crippen molar-refractivity contribution in [3.63, 3.8) is 0 Å². The second-order valence-electron chi connectivity index (χ2n) is 7.66. The second-order valence-corrected chi connectivity index (χ2v) is 7.66. The quantitative estimate of drug-likeness (QED) is 0.505. The third-order valence-electron chi connectivity index (χ3n) is 5.67. The van der Waals surface area contributed by atoms with Crippen molar-refractivity contribution in [2.24, 2.45) is 5.92 Å². The molecule has 3 aromatic heterocycles. The van der Waals surface area contributed by atoms with Crippen LogP contribution < -0.4 is 10.2 Å². The van der Waals surface area contributed by atoms with Gasteiger partial charge in [0.05, 0.1) is 34.7 Å². The van der Waals surface area contributed by atoms with Crippen LogP contribution in [0.25, 0.3) is 16.7 Å². The third-order valence-corrected chi connectivity index (χ3v) is 5.67. The first-order chi connectivity index (χ1) is 15.5. The number of fused-ring (bicyclic) bond motifs is 3. The Kier molecular flexibility index (Phi) is 4.77. The van der Waals surface area contributed by atoms with Crippen molar-refractivity contribution in [3.8, 4) is 6.07 Å². The van der Waals surface area contributed by atoms with Crippen molar-refractivity contribution in [2.75, 3.05) is 23.3 Å². The first kappa shape index (κ1) is 20.0. The van der Waals surface area contributed by atoms with Crippen molar-refractivity contribution in [3.05, 3.63) is 53.9 Å². The molecule has 162 valence electrons. The molecule has 0 saturated carbocycles. The van der Waals surface area contributed by atoms with Crippen LogP contribution in [0, 0.1) is 23.1 Å². The second kappa shape index (κ2) is 7.64. The highest BCUT2D eigenvalue weighted by Crippen LogP contribution is 2.34. The van der Waals surface area contributed by atoms with Crippen LogP contribution >= 0.6 is 0 Å². The van der Waals surface area contributed by atoms with E-state index < -0.39 is 23.8 Å². The molecule has 1 aliphatic rings. The van der Waals surface area contributed by atoms with Gasteiger partial charge in [-0.1, -0.05) is 18.2 Å². The summed E-state index contributed by atoms with van der Waals surface area (Å²) >= 11 is 0. The van der Waals surface area contributed by atoms with Crippen LogP contribution in [0.15, 0.2) is 36.9 Å². The zero-order chi connectivity index (χ0) is 22.4. The molecule has 0 radical (unpaired) electrons. The van der Waals surface area contributed by atoms with E-state index >= 15 is 0 Å². The van der Waals surface area contributed by atoms with E-state index in [0.29, 0.717) is 35.6 Å². The molecule has 1 fully saturated rings. The van der Waals surface area contributed by atoms with Gasteiger partial charge >= 0.3 is 0 Å². The molecule has 0 spiro atoms. The minimum absolute atomic E-state index is 0.0524. The van der Waals surface area contributed by atoms with Crippen molar-refractivity contribution in [2.45, 2.75) is 19.4 Å². The molecule has 0 aliphatic carbocycles. The molecule has 1 aliphatic heterocycles. The van der Waals surface area contributed by atoms with Crippen molar-refractivity contribution < 1.29 is 13.2 Å². The van der Waals surface area contributed by atoms with Crippen LogP contribution in [0.1, 0.15) is 30.5 Å². The number of alkyl halides is 2. The number of hydrogen-bond donors (Lipinski definition) is 1. The Morgan fingerprint density at radius 3 is 2.72 bits per heavy atom. The number of nitrogens with zero attached hydrogens (tertiary/aromatic N) is 7. The Labute approximate surface area is 180 Å². The van der Waals surface area contributed by atoms with E-state index in [4.69, 9.17) is 5.26 Å². The van der Waals surface area contributed by atoms with Gasteiger partial charge in [-0.2, -0.15) is 5.26 Å². The van der Waals surface area contributed by atoms with Crippen LogP contribution in [0.3, 0.4) is 0 Å². The van der Waals surface area contributed by atoms with Crippen molar-refractivity contribution in [1.82, 2.24) is 24.6 Å². The largest absolute Gasteiger partial charge is 0.366 e. The Bertz CT molecular complexity index is 1360. The summed E-state index contributed by atoms with van der Waals surface area (Å²) in [6, 6.07) is 7.41. The van der Waals surface area contributed by atoms with Crippen molar-refractivity contribution >= 4 is 28.2 Å². The minimum atomic E-state index is -2.90. The molecule has 0 bridgehead atoms. The van der Waals surface area contributed by atoms with Gasteiger partial charge in [0.15, 0.2) is 11.3 Å². The standard InChI is InChI=1S/C21H17F3N8/c1-11(13-3-2-4-14(17(13)22)18(23)24)29-19-15-5-16(31-7-12(6-25)8-31)21-30-28-10-32(21)20(15)27-9-26-19/h2-5,9-12,18H,7-8H2,1H3,(H,26,27,29)/t11-/m1/s1. The highest BCUT2D eigenvalue weighted by Gasteiger charge is 2.30. The summed E-state index contributed by atoms with van der Waals surface area (Å²) in [5.41, 5.74) is 1.39. The first-order valence-corrected chi connectivity index (χ1v) is 9.93. The Morgan fingerprint density at radius 2 is 1.97 bits per heavy atom. The molecule has 0 unspecified atom stereocenters. The molecule has 1 N–H and O–H groups in total. The monoisotopic (exact) mass is 438 g/mol. The van der Waals surface area contributed by atoms with Gasteiger partial charge in [0, 0.05) is 18.7 Å². The average molecular weight is 438 g/mol. The fourth-order valence-electron chi connectivity index (χ4n) is 3.94. The molecular formula is C21H17F3N8. The van der Waals surface area contributed by atoms with Crippen LogP contribution in [-0.2, 0) is 0 Å². The number of halogens is 3. The van der Waals surface area contributed by atoms with E-state index in [1.807, 2.05) is 11.0 Å². The van der Waals surface area contributed by atoms with Gasteiger partial charge in [0.25, 0.3) is 6.43 Å². The number of aromatic nitrogens is 5. The van der Waals surface area contributed by atoms with Gasteiger partial charge in [-0.15, -0.1) is 10.2 Å². The number of nitrogens with one attached hydrogen (secondary N) is 1. The lowest BCUT2D eigenvalue weighted by molar-refractivity contribution is 0.146. The highest BCUT2D eigenvalue weighted by molar-refractivity contribution is 5.94. The fourth-order valence-corrected chi connectivity index (χ4v) is 3.94. The molecule has 11 heteroatoms. The average Bonchev–Trinajstić information content (AvgIpc) is 3.23. The maximum atomic E-state index is 14.6. The molecule has 1 atom stereocenters. The molecule has 1 aromatic carbocycles. The SMILES string of the molecule is C[C@@H](Nc1ncnc2c1cc(N1CC(C#N)C1)c1nncn12)c1cccc(C(F)F)c1F. The molecule has 4 heterocycles. The lowest BCUT2D eigenvalue weighted by Gasteiger charge is -2.37. The van der Waals surface area contributed by atoms with Crippen LogP contribution in [0.4, 0.5) is 24.7 Å². The predicted octanol–water partition coefficient (Wildman–Crippen LogP) is 3.88. The topological polar surface area (TPSA) is 95.0 Å². The number of nitriles is 1. The van der Waals surface area contributed by atoms with E-state index in [1.54, 1.807) is 11.3 Å². The van der Waals surface area contributed by atoms with Crippen molar-refractivity contribution in [1.29, 1.82) is 5.26 Å². The highest BCUT2D eigenvalue weighted by atomic mass is 19.3. The number of benzene rings is 1. The van der Waals surface area contributed by atoms with Gasteiger partial charge in [0.2, 0.25) is 0 Å². The molecule has 1 saturated heterocycles. The Hall–Kier alpha value is -3.94. The molecular weight excluding hydrogens is 421 g/mol. The van der Waals surface area contributed by atoms with Crippen LogP contribution in [-0.4, -0.2) is 37.7 Å². The Balaban J connectivity index is 1.57. The normalized spacial score (nSPS) is 15.2. The third kappa shape index (κ3) is 3.15. The summed E-state index contributed by atoms with van der Waals surface area (Å²) in [6.45, 7) is 2.82. The molecule has 0 amide bonds. The van der Waals surface area contributed by atoms with Crippen LogP contribution in [0.5, 0.6) is 0 Å². The summed E-state index contributed by atoms with van der Waals surface area (Å²) in [5, 5.41) is 21.0. The van der Waals surface area contributed by atoms with E-state index in [2.05, 4.69) is 31.6 Å². The number of rotatable bonds is 5. The summed E-state index contributed by atoms with van der Waals surface area (Å²) in [6.07, 6.45) is -0.00710. The van der Waals surface area contributed by atoms with Crippen LogP contribution in [0.2, 0.25) is 0 Å². The number of anilines is 2. The van der Waals surface area contributed by atoms with Gasteiger partial charge in [-0.25, -0.2) is 23.1 Å². The zero-order valence-electron chi connectivity index (χ0n) is 16.9. The van der Waals surface area contributed by atoms with Gasteiger partial charge in [0.1, 0.15) is 24.3 Å². The lowest BCUT2D eigenvalue weighted by Crippen LogP contribution is -2.46. The van der Waals surface area contributed by atoms with E-state index in [1.165, 1.54) is 24.8 Å². The maximum Gasteiger partial charge on any atom is 0.266 e. The van der Waals surface area contributed by atoms with E-state index in [9.17, 15) is 13.2 Å². The van der Waals surface area contributed by atoms with Gasteiger partial charge in [-0.05, 0) is 13.0 Å². The summed E-state index contributed by atoms with van der Waals surface area (Å²) in [4.78, 5) is 10.7. The maximum absolute atomic E-state index is 14.6. The smallest absolute Gasteiger partial charge is 0.266 e. The fraction of sp³-hybridized carbons (Fsp3) is 0.286. The lowest BCUT2D eigenvalue weighted by atomic mass is 10.0. The van der Waals surface area contributed by atoms with Gasteiger partial charge in [-0.3, -0.25) is 4.40 Å². The minimum Gasteiger partial charge on any atom is -0.366 e. The molecule has 32 heavy (non-hydrogen) atoms.